The number of benzene rings is 1. The van der Waals surface area contributed by atoms with Crippen LogP contribution in [0, 0.1) is 0 Å². The van der Waals surface area contributed by atoms with Crippen LogP contribution in [-0.4, -0.2) is 0 Å². The standard InChI is InChI=1S/C13H12O.C2H6/c1-2-3-4-8-12-10-11-7-5-6-9-13(11)14-12;1-2/h2-10H,1H3;1-2H3/b3-2-,8-4-;. The van der Waals surface area contributed by atoms with Crippen LogP contribution in [0.15, 0.2) is 53.0 Å². The van der Waals surface area contributed by atoms with Crippen molar-refractivity contribution in [2.24, 2.45) is 0 Å². The largest absolute Gasteiger partial charge is 0.457 e. The topological polar surface area (TPSA) is 13.1 Å². The molecular formula is C15H18O. The summed E-state index contributed by atoms with van der Waals surface area (Å²) in [6.07, 6.45) is 7.89. The highest BCUT2D eigenvalue weighted by molar-refractivity contribution is 5.79. The summed E-state index contributed by atoms with van der Waals surface area (Å²) in [6, 6.07) is 10.0. The molecule has 0 saturated heterocycles. The fraction of sp³-hybridized carbons (Fsp3) is 0.200. The van der Waals surface area contributed by atoms with Crippen LogP contribution in [-0.2, 0) is 0 Å². The van der Waals surface area contributed by atoms with Gasteiger partial charge >= 0.3 is 0 Å². The number of fused-ring (bicyclic) bond motifs is 1. The zero-order chi connectivity index (χ0) is 11.8. The zero-order valence-corrected chi connectivity index (χ0v) is 10.1. The molecule has 84 valence electrons. The van der Waals surface area contributed by atoms with Crippen molar-refractivity contribution in [3.8, 4) is 0 Å². The first-order valence-corrected chi connectivity index (χ1v) is 5.68. The van der Waals surface area contributed by atoms with Gasteiger partial charge in [-0.15, -0.1) is 0 Å². The predicted octanol–water partition coefficient (Wildman–Crippen LogP) is 5.05. The molecule has 0 spiro atoms. The van der Waals surface area contributed by atoms with Gasteiger partial charge in [0, 0.05) is 5.39 Å². The SMILES string of the molecule is C/C=C\C=C/c1cc2ccccc2o1.CC. The Morgan fingerprint density at radius 3 is 2.50 bits per heavy atom. The molecule has 1 aromatic heterocycles. The second kappa shape index (κ2) is 6.67. The number of para-hydroxylation sites is 1. The van der Waals surface area contributed by atoms with Crippen molar-refractivity contribution in [1.29, 1.82) is 0 Å². The van der Waals surface area contributed by atoms with Crippen LogP contribution in [0.5, 0.6) is 0 Å². The summed E-state index contributed by atoms with van der Waals surface area (Å²) in [7, 11) is 0. The first kappa shape index (κ1) is 12.3. The van der Waals surface area contributed by atoms with Crippen LogP contribution in [0.1, 0.15) is 26.5 Å². The van der Waals surface area contributed by atoms with Gasteiger partial charge in [0.15, 0.2) is 0 Å². The van der Waals surface area contributed by atoms with Gasteiger partial charge in [-0.05, 0) is 25.1 Å². The fourth-order valence-electron chi connectivity index (χ4n) is 1.35. The molecule has 1 nitrogen and oxygen atoms in total. The van der Waals surface area contributed by atoms with Crippen molar-refractivity contribution < 1.29 is 4.42 Å². The number of allylic oxidation sites excluding steroid dienone is 3. The molecule has 0 amide bonds. The Morgan fingerprint density at radius 2 is 1.81 bits per heavy atom. The molecule has 0 aliphatic rings. The van der Waals surface area contributed by atoms with E-state index in [0.29, 0.717) is 0 Å². The third-order valence-electron chi connectivity index (χ3n) is 2.01. The van der Waals surface area contributed by atoms with E-state index >= 15 is 0 Å². The lowest BCUT2D eigenvalue weighted by atomic mass is 10.2. The van der Waals surface area contributed by atoms with E-state index in [0.717, 1.165) is 16.7 Å². The summed E-state index contributed by atoms with van der Waals surface area (Å²) in [4.78, 5) is 0. The molecule has 0 aliphatic heterocycles. The van der Waals surface area contributed by atoms with Gasteiger partial charge in [-0.2, -0.15) is 0 Å². The second-order valence-electron chi connectivity index (χ2n) is 3.07. The quantitative estimate of drug-likeness (QED) is 0.638. The Bertz CT molecular complexity index is 442. The van der Waals surface area contributed by atoms with Crippen LogP contribution < -0.4 is 0 Å². The molecule has 16 heavy (non-hydrogen) atoms. The minimum Gasteiger partial charge on any atom is -0.457 e. The maximum Gasteiger partial charge on any atom is 0.134 e. The highest BCUT2D eigenvalue weighted by Crippen LogP contribution is 2.19. The molecule has 1 heteroatoms. The molecule has 1 aromatic carbocycles. The monoisotopic (exact) mass is 214 g/mol. The smallest absolute Gasteiger partial charge is 0.134 e. The minimum atomic E-state index is 0.893. The van der Waals surface area contributed by atoms with Crippen LogP contribution in [0.2, 0.25) is 0 Å². The van der Waals surface area contributed by atoms with Crippen molar-refractivity contribution in [3.63, 3.8) is 0 Å². The van der Waals surface area contributed by atoms with Gasteiger partial charge in [-0.3, -0.25) is 0 Å². The van der Waals surface area contributed by atoms with Gasteiger partial charge in [0.1, 0.15) is 11.3 Å². The molecule has 0 fully saturated rings. The molecule has 0 N–H and O–H groups in total. The zero-order valence-electron chi connectivity index (χ0n) is 10.1. The maximum atomic E-state index is 5.59. The fourth-order valence-corrected chi connectivity index (χ4v) is 1.35. The van der Waals surface area contributed by atoms with E-state index in [2.05, 4.69) is 0 Å². The average Bonchev–Trinajstić information content (AvgIpc) is 2.74. The van der Waals surface area contributed by atoms with Gasteiger partial charge in [0.2, 0.25) is 0 Å². The van der Waals surface area contributed by atoms with E-state index < -0.39 is 0 Å². The van der Waals surface area contributed by atoms with Gasteiger partial charge in [-0.25, -0.2) is 0 Å². The molecule has 0 saturated carbocycles. The number of hydrogen-bond acceptors (Lipinski definition) is 1. The number of rotatable bonds is 2. The van der Waals surface area contributed by atoms with E-state index in [9.17, 15) is 0 Å². The molecule has 0 bridgehead atoms. The van der Waals surface area contributed by atoms with Crippen molar-refractivity contribution in [3.05, 3.63) is 54.3 Å². The van der Waals surface area contributed by atoms with Gasteiger partial charge in [0.05, 0.1) is 0 Å². The third kappa shape index (κ3) is 3.13. The summed E-state index contributed by atoms with van der Waals surface area (Å²) in [5.74, 6) is 0.893. The summed E-state index contributed by atoms with van der Waals surface area (Å²) >= 11 is 0. The van der Waals surface area contributed by atoms with Crippen molar-refractivity contribution in [1.82, 2.24) is 0 Å². The highest BCUT2D eigenvalue weighted by Gasteiger charge is 1.97. The Hall–Kier alpha value is -1.76. The third-order valence-corrected chi connectivity index (χ3v) is 2.01. The van der Waals surface area contributed by atoms with Crippen molar-refractivity contribution in [2.45, 2.75) is 20.8 Å². The summed E-state index contributed by atoms with van der Waals surface area (Å²) in [5.41, 5.74) is 0.938. The lowest BCUT2D eigenvalue weighted by Crippen LogP contribution is -1.57. The number of hydrogen-bond donors (Lipinski definition) is 0. The van der Waals surface area contributed by atoms with Crippen molar-refractivity contribution >= 4 is 17.0 Å². The van der Waals surface area contributed by atoms with Gasteiger partial charge < -0.3 is 4.42 Å². The molecule has 2 aromatic rings. The van der Waals surface area contributed by atoms with E-state index in [4.69, 9.17) is 4.42 Å². The molecule has 0 unspecified atom stereocenters. The van der Waals surface area contributed by atoms with E-state index in [1.807, 2.05) is 75.4 Å². The molecule has 0 aliphatic carbocycles. The number of furan rings is 1. The second-order valence-corrected chi connectivity index (χ2v) is 3.07. The lowest BCUT2D eigenvalue weighted by molar-refractivity contribution is 0.604. The molecule has 1 heterocycles. The molecule has 2 rings (SSSR count). The molecule has 0 radical (unpaired) electrons. The summed E-state index contributed by atoms with van der Waals surface area (Å²) < 4.78 is 5.59. The predicted molar refractivity (Wildman–Crippen MR) is 71.4 cm³/mol. The van der Waals surface area contributed by atoms with Gasteiger partial charge in [-0.1, -0.05) is 50.3 Å². The minimum absolute atomic E-state index is 0.893. The Balaban J connectivity index is 0.000000606. The van der Waals surface area contributed by atoms with Crippen LogP contribution >= 0.6 is 0 Å². The van der Waals surface area contributed by atoms with Crippen LogP contribution in [0.25, 0.3) is 17.0 Å². The highest BCUT2D eigenvalue weighted by atomic mass is 16.3. The van der Waals surface area contributed by atoms with Crippen LogP contribution in [0.3, 0.4) is 0 Å². The average molecular weight is 214 g/mol. The molecule has 0 atom stereocenters. The summed E-state index contributed by atoms with van der Waals surface area (Å²) in [6.45, 7) is 5.99. The van der Waals surface area contributed by atoms with Crippen molar-refractivity contribution in [2.75, 3.05) is 0 Å². The van der Waals surface area contributed by atoms with E-state index in [1.165, 1.54) is 0 Å². The van der Waals surface area contributed by atoms with Gasteiger partial charge in [0.25, 0.3) is 0 Å². The van der Waals surface area contributed by atoms with E-state index in [1.54, 1.807) is 0 Å². The first-order valence-electron chi connectivity index (χ1n) is 5.68. The Labute approximate surface area is 97.1 Å². The normalized spacial score (nSPS) is 10.9. The van der Waals surface area contributed by atoms with E-state index in [-0.39, 0.29) is 0 Å². The summed E-state index contributed by atoms with van der Waals surface area (Å²) in [5, 5.41) is 1.15. The maximum absolute atomic E-state index is 5.59. The van der Waals surface area contributed by atoms with Crippen LogP contribution in [0.4, 0.5) is 0 Å². The first-order chi connectivity index (χ1) is 7.90. The molecular weight excluding hydrogens is 196 g/mol. The lowest BCUT2D eigenvalue weighted by Gasteiger charge is -1.83. The Kier molecular flexibility index (Phi) is 5.13. The Morgan fingerprint density at radius 1 is 1.06 bits per heavy atom.